The van der Waals surface area contributed by atoms with E-state index in [9.17, 15) is 40.7 Å². The summed E-state index contributed by atoms with van der Waals surface area (Å²) in [6.45, 7) is 1.97. The molecule has 0 saturated heterocycles. The lowest BCUT2D eigenvalue weighted by molar-refractivity contribution is -0.123. The second-order valence-electron chi connectivity index (χ2n) is 15.2. The Balaban J connectivity index is 1.32. The van der Waals surface area contributed by atoms with E-state index in [-0.39, 0.29) is 66.4 Å². The van der Waals surface area contributed by atoms with Crippen molar-refractivity contribution in [2.75, 3.05) is 11.0 Å². The highest BCUT2D eigenvalue weighted by atomic mass is 35.5. The van der Waals surface area contributed by atoms with Gasteiger partial charge in [-0.2, -0.15) is 19.0 Å². The minimum atomic E-state index is -3.91. The summed E-state index contributed by atoms with van der Waals surface area (Å²) in [5, 5.41) is 21.5. The molecule has 1 fully saturated rings. The van der Waals surface area contributed by atoms with Crippen molar-refractivity contribution in [1.82, 2.24) is 39.4 Å². The van der Waals surface area contributed by atoms with Crippen molar-refractivity contribution in [3.63, 3.8) is 0 Å². The van der Waals surface area contributed by atoms with Crippen LogP contribution in [0.3, 0.4) is 0 Å². The van der Waals surface area contributed by atoms with Gasteiger partial charge in [-0.1, -0.05) is 11.6 Å². The van der Waals surface area contributed by atoms with Gasteiger partial charge in [0.25, 0.3) is 17.9 Å². The average Bonchev–Trinajstić information content (AvgIpc) is 3.36. The van der Waals surface area contributed by atoms with Crippen molar-refractivity contribution in [2.45, 2.75) is 63.1 Å². The fourth-order valence-electron chi connectivity index (χ4n) is 7.69. The quantitative estimate of drug-likeness (QED) is 0.120. The summed E-state index contributed by atoms with van der Waals surface area (Å²) in [4.78, 5) is 37.9. The van der Waals surface area contributed by atoms with Gasteiger partial charge in [-0.25, -0.2) is 35.9 Å². The van der Waals surface area contributed by atoms with Crippen LogP contribution in [0, 0.1) is 17.6 Å². The first-order valence-electron chi connectivity index (χ1n) is 18.0. The van der Waals surface area contributed by atoms with Crippen LogP contribution in [0.15, 0.2) is 47.4 Å². The molecule has 1 amide bonds. The number of nitrogens with zero attached hydrogens (tertiary/aromatic N) is 7. The summed E-state index contributed by atoms with van der Waals surface area (Å²) in [6.07, 6.45) is -1.48. The number of benzene rings is 2. The number of sulfonamides is 1. The monoisotopic (exact) mass is 895 g/mol. The van der Waals surface area contributed by atoms with E-state index in [4.69, 9.17) is 16.6 Å². The summed E-state index contributed by atoms with van der Waals surface area (Å²) >= 11 is 7.56. The van der Waals surface area contributed by atoms with Crippen LogP contribution in [0.1, 0.15) is 72.0 Å². The number of fused-ring (bicyclic) bond motifs is 4. The van der Waals surface area contributed by atoms with Crippen LogP contribution >= 0.6 is 22.9 Å². The van der Waals surface area contributed by atoms with Crippen LogP contribution in [-0.2, 0) is 46.4 Å². The molecule has 3 N–H and O–H groups in total. The molecule has 6 aromatic rings. The van der Waals surface area contributed by atoms with Gasteiger partial charge in [-0.3, -0.25) is 28.2 Å². The highest BCUT2D eigenvalue weighted by Crippen LogP contribution is 2.68. The first kappa shape index (κ1) is 41.4. The number of carbonyl (C=O) groups is 1. The van der Waals surface area contributed by atoms with Crippen LogP contribution < -0.4 is 15.6 Å². The van der Waals surface area contributed by atoms with Crippen LogP contribution in [0.5, 0.6) is 0 Å². The number of aryl methyl sites for hydroxylation is 1. The van der Waals surface area contributed by atoms with Crippen LogP contribution in [-0.4, -0.2) is 59.8 Å². The smallest absolute Gasteiger partial charge is 0.293 e. The molecule has 0 bridgehead atoms. The number of aromatic nitrogens is 7. The summed E-state index contributed by atoms with van der Waals surface area (Å²) in [5.41, 5.74) is -4.19. The molecule has 0 radical (unpaired) electrons. The second kappa shape index (κ2) is 14.4. The summed E-state index contributed by atoms with van der Waals surface area (Å²) in [6, 6.07) is 4.82. The van der Waals surface area contributed by atoms with Gasteiger partial charge in [-0.05, 0) is 56.0 Å². The number of halogens is 7. The third kappa shape index (κ3) is 7.42. The van der Waals surface area contributed by atoms with Crippen molar-refractivity contribution in [1.29, 1.82) is 0 Å². The fraction of sp³-hybridized carbons (Fsp3) is 0.351. The van der Waals surface area contributed by atoms with E-state index in [1.165, 1.54) is 43.9 Å². The molecule has 23 heteroatoms. The Morgan fingerprint density at radius 1 is 1.13 bits per heavy atom. The number of amides is 1. The predicted molar refractivity (Wildman–Crippen MR) is 207 cm³/mol. The zero-order valence-electron chi connectivity index (χ0n) is 31.6. The number of nitrogens with one attached hydrogen (secondary N) is 2. The first-order chi connectivity index (χ1) is 28.0. The van der Waals surface area contributed by atoms with Crippen molar-refractivity contribution in [3.8, 4) is 16.3 Å². The molecule has 14 nitrogen and oxygen atoms in total. The number of hydrogen-bond donors (Lipinski definition) is 3. The highest BCUT2D eigenvalue weighted by molar-refractivity contribution is 7.92. The highest BCUT2D eigenvalue weighted by Gasteiger charge is 2.67. The third-order valence-corrected chi connectivity index (χ3v) is 12.3. The number of anilines is 1. The van der Waals surface area contributed by atoms with Crippen molar-refractivity contribution in [3.05, 3.63) is 103 Å². The van der Waals surface area contributed by atoms with Crippen molar-refractivity contribution in [2.24, 2.45) is 13.0 Å². The molecule has 60 heavy (non-hydrogen) atoms. The molecule has 2 aromatic carbocycles. The zero-order chi connectivity index (χ0) is 43.4. The van der Waals surface area contributed by atoms with E-state index in [2.05, 4.69) is 25.2 Å². The van der Waals surface area contributed by atoms with Gasteiger partial charge in [0.1, 0.15) is 46.0 Å². The largest absolute Gasteiger partial charge is 0.383 e. The molecule has 2 aliphatic rings. The Labute approximate surface area is 344 Å². The van der Waals surface area contributed by atoms with Gasteiger partial charge in [0.05, 0.1) is 44.5 Å². The fourth-order valence-corrected chi connectivity index (χ4v) is 9.30. The Hall–Kier alpha value is -5.32. The minimum absolute atomic E-state index is 0.0125. The molecule has 0 unspecified atom stereocenters. The lowest BCUT2D eigenvalue weighted by Gasteiger charge is -2.24. The molecule has 4 aromatic heterocycles. The molecular formula is C37H32ClF6N9O5S2. The topological polar surface area (TPSA) is 179 Å². The maximum Gasteiger partial charge on any atom is 0.293 e. The molecule has 4 heterocycles. The van der Waals surface area contributed by atoms with Crippen molar-refractivity contribution >= 4 is 55.6 Å². The van der Waals surface area contributed by atoms with Gasteiger partial charge in [0, 0.05) is 43.3 Å². The van der Waals surface area contributed by atoms with Crippen LogP contribution in [0.25, 0.3) is 27.2 Å². The van der Waals surface area contributed by atoms with Gasteiger partial charge >= 0.3 is 0 Å². The molecule has 8 rings (SSSR count). The van der Waals surface area contributed by atoms with Gasteiger partial charge < -0.3 is 10.4 Å². The molecule has 3 atom stereocenters. The number of aliphatic hydroxyl groups is 1. The molecule has 0 aliphatic heterocycles. The first-order valence-corrected chi connectivity index (χ1v) is 21.1. The van der Waals surface area contributed by atoms with Crippen molar-refractivity contribution < 1.29 is 44.7 Å². The van der Waals surface area contributed by atoms with E-state index in [1.54, 1.807) is 0 Å². The number of alkyl halides is 4. The lowest BCUT2D eigenvalue weighted by atomic mass is 10.0. The molecule has 2 aliphatic carbocycles. The Bertz CT molecular complexity index is 2910. The van der Waals surface area contributed by atoms with Crippen LogP contribution in [0.2, 0.25) is 5.02 Å². The SMILES string of the molecule is Cn1nc(NS(C)(=O)=O)c2c(Cl)ccc(-n3c([C@H](Cc4cc(F)cc(F)c4)NC(=O)Cn4nc(C(F)F)c5c4C(F)(F)[C@@H]4C[C@H]54)nc(-c4cnc(C(C)(C)O)s4)cc3=O)c21. The van der Waals surface area contributed by atoms with Gasteiger partial charge in [0.2, 0.25) is 15.9 Å². The zero-order valence-corrected chi connectivity index (χ0v) is 34.0. The van der Waals surface area contributed by atoms with E-state index in [0.717, 1.165) is 40.4 Å². The van der Waals surface area contributed by atoms with E-state index in [0.29, 0.717) is 10.7 Å². The molecule has 316 valence electrons. The number of rotatable bonds is 12. The van der Waals surface area contributed by atoms with Crippen LogP contribution in [0.4, 0.5) is 32.2 Å². The molecule has 1 saturated carbocycles. The molecule has 0 spiro atoms. The minimum Gasteiger partial charge on any atom is -0.383 e. The summed E-state index contributed by atoms with van der Waals surface area (Å²) in [5.74, 6) is -9.18. The third-order valence-electron chi connectivity index (χ3n) is 10.1. The summed E-state index contributed by atoms with van der Waals surface area (Å²) in [7, 11) is -2.48. The van der Waals surface area contributed by atoms with E-state index in [1.807, 2.05) is 0 Å². The summed E-state index contributed by atoms with van der Waals surface area (Å²) < 4.78 is 118. The maximum atomic E-state index is 15.5. The number of hydrogen-bond acceptors (Lipinski definition) is 10. The maximum absolute atomic E-state index is 15.5. The normalized spacial score (nSPS) is 17.6. The average molecular weight is 896 g/mol. The predicted octanol–water partition coefficient (Wildman–Crippen LogP) is 6.22. The Morgan fingerprint density at radius 2 is 1.83 bits per heavy atom. The van der Waals surface area contributed by atoms with Gasteiger partial charge in [-0.15, -0.1) is 11.3 Å². The van der Waals surface area contributed by atoms with Gasteiger partial charge in [0.15, 0.2) is 5.82 Å². The number of carbonyl (C=O) groups excluding carboxylic acids is 1. The Kier molecular flexibility index (Phi) is 9.95. The second-order valence-corrected chi connectivity index (χ2v) is 18.4. The lowest BCUT2D eigenvalue weighted by Crippen LogP contribution is -2.38. The molecular weight excluding hydrogens is 864 g/mol. The Morgan fingerprint density at radius 3 is 2.47 bits per heavy atom. The number of thiazole rings is 1. The standard InChI is InChI=1S/C37H32ClF6N9O5S2/c1-36(2,56)35-45-13-24(59-35)21-12-26(55)53(23-6-5-20(38)28-30(23)51(3)49-33(28)50-60(4,57)58)34(47-21)22(9-15-7-16(39)10-17(40)8-15)46-25(54)14-52-31-27(29(48-52)32(41)42)18-11-19(18)37(31,43)44/h5-8,10,12-13,18-19,22,32,56H,9,11,14H2,1-4H3,(H,46,54)(H,49,50)/t18-,19+,22-/m0/s1. The van der Waals surface area contributed by atoms with E-state index < -0.39 is 93.3 Å². The van der Waals surface area contributed by atoms with E-state index >= 15 is 8.78 Å².